The Hall–Kier alpha value is -0.850. The molecule has 1 atom stereocenters. The lowest BCUT2D eigenvalue weighted by atomic mass is 9.98. The molecule has 0 spiro atoms. The van der Waals surface area contributed by atoms with Gasteiger partial charge >= 0.3 is 0 Å². The van der Waals surface area contributed by atoms with Gasteiger partial charge in [0.2, 0.25) is 0 Å². The first-order chi connectivity index (χ1) is 7.69. The quantitative estimate of drug-likeness (QED) is 0.588. The van der Waals surface area contributed by atoms with Gasteiger partial charge in [-0.15, -0.1) is 0 Å². The molecule has 0 fully saturated rings. The summed E-state index contributed by atoms with van der Waals surface area (Å²) in [6.07, 6.45) is 0.939. The number of methoxy groups -OCH3 is 1. The monoisotopic (exact) mass is 255 g/mol. The Balaban J connectivity index is 2.77. The van der Waals surface area contributed by atoms with Crippen LogP contribution in [-0.2, 0) is 0 Å². The first-order valence-electron chi connectivity index (χ1n) is 5.03. The van der Waals surface area contributed by atoms with Gasteiger partial charge in [0, 0.05) is 10.8 Å². The van der Waals surface area contributed by atoms with E-state index >= 15 is 0 Å². The van der Waals surface area contributed by atoms with Crippen LogP contribution >= 0.6 is 23.4 Å². The number of rotatable bonds is 5. The largest absolute Gasteiger partial charge is 0.496 e. The van der Waals surface area contributed by atoms with Crippen molar-refractivity contribution in [2.45, 2.75) is 19.3 Å². The van der Waals surface area contributed by atoms with E-state index in [0.29, 0.717) is 5.92 Å². The Bertz CT molecular complexity index is 389. The number of nitriles is 1. The van der Waals surface area contributed by atoms with Crippen LogP contribution in [-0.4, -0.2) is 12.9 Å². The van der Waals surface area contributed by atoms with Crippen LogP contribution in [0.1, 0.15) is 24.8 Å². The Morgan fingerprint density at radius 1 is 1.56 bits per heavy atom. The average molecular weight is 256 g/mol. The standard InChI is InChI=1S/C12H14ClNOS/c1-9(5-6-16-8-14)11-7-10(13)3-4-12(11)15-2/h3-4,7,9H,5-6H2,1-2H3. The van der Waals surface area contributed by atoms with Gasteiger partial charge in [-0.05, 0) is 47.9 Å². The number of thioether (sulfide) groups is 1. The van der Waals surface area contributed by atoms with Crippen molar-refractivity contribution in [3.63, 3.8) is 0 Å². The Morgan fingerprint density at radius 3 is 2.94 bits per heavy atom. The molecule has 0 heterocycles. The van der Waals surface area contributed by atoms with E-state index in [1.807, 2.05) is 18.2 Å². The fraction of sp³-hybridized carbons (Fsp3) is 0.417. The van der Waals surface area contributed by atoms with Gasteiger partial charge in [0.05, 0.1) is 7.11 Å². The molecule has 0 saturated heterocycles. The van der Waals surface area contributed by atoms with E-state index in [9.17, 15) is 0 Å². The van der Waals surface area contributed by atoms with Crippen LogP contribution in [0.2, 0.25) is 5.02 Å². The molecule has 16 heavy (non-hydrogen) atoms. The number of nitrogens with zero attached hydrogens (tertiary/aromatic N) is 1. The van der Waals surface area contributed by atoms with Crippen LogP contribution in [0.5, 0.6) is 5.75 Å². The first-order valence-corrected chi connectivity index (χ1v) is 6.39. The lowest BCUT2D eigenvalue weighted by Crippen LogP contribution is -1.99. The molecule has 0 aliphatic heterocycles. The summed E-state index contributed by atoms with van der Waals surface area (Å²) in [4.78, 5) is 0. The summed E-state index contributed by atoms with van der Waals surface area (Å²) in [6, 6.07) is 5.63. The number of halogens is 1. The molecule has 0 aromatic heterocycles. The molecule has 0 aliphatic carbocycles. The minimum absolute atomic E-state index is 0.342. The molecule has 2 nitrogen and oxygen atoms in total. The molecular weight excluding hydrogens is 242 g/mol. The number of thiocyanates is 1. The zero-order valence-electron chi connectivity index (χ0n) is 9.37. The second-order valence-corrected chi connectivity index (χ2v) is 4.83. The highest BCUT2D eigenvalue weighted by Crippen LogP contribution is 2.31. The number of hydrogen-bond acceptors (Lipinski definition) is 3. The molecule has 86 valence electrons. The molecule has 0 bridgehead atoms. The summed E-state index contributed by atoms with van der Waals surface area (Å²) in [5, 5.41) is 11.3. The molecule has 1 rings (SSSR count). The molecule has 0 aliphatic rings. The molecule has 4 heteroatoms. The zero-order chi connectivity index (χ0) is 12.0. The third-order valence-corrected chi connectivity index (χ3v) is 3.24. The predicted molar refractivity (Wildman–Crippen MR) is 69.1 cm³/mol. The van der Waals surface area contributed by atoms with Gasteiger partial charge in [-0.2, -0.15) is 5.26 Å². The molecular formula is C12H14ClNOS. The van der Waals surface area contributed by atoms with Crippen LogP contribution in [0.25, 0.3) is 0 Å². The van der Waals surface area contributed by atoms with Crippen molar-refractivity contribution in [3.05, 3.63) is 28.8 Å². The summed E-state index contributed by atoms with van der Waals surface area (Å²) in [5.41, 5.74) is 1.11. The Morgan fingerprint density at radius 2 is 2.31 bits per heavy atom. The van der Waals surface area contributed by atoms with E-state index in [2.05, 4.69) is 12.3 Å². The lowest BCUT2D eigenvalue weighted by molar-refractivity contribution is 0.406. The molecule has 1 unspecified atom stereocenters. The molecule has 0 amide bonds. The third kappa shape index (κ3) is 3.62. The van der Waals surface area contributed by atoms with Gasteiger partial charge in [-0.1, -0.05) is 18.5 Å². The van der Waals surface area contributed by atoms with Crippen LogP contribution in [0.4, 0.5) is 0 Å². The van der Waals surface area contributed by atoms with E-state index in [1.54, 1.807) is 7.11 Å². The van der Waals surface area contributed by atoms with Crippen LogP contribution in [0.15, 0.2) is 18.2 Å². The summed E-state index contributed by atoms with van der Waals surface area (Å²) in [7, 11) is 1.66. The average Bonchev–Trinajstić information content (AvgIpc) is 2.29. The van der Waals surface area contributed by atoms with E-state index in [1.165, 1.54) is 11.8 Å². The number of ether oxygens (including phenoxy) is 1. The molecule has 0 radical (unpaired) electrons. The fourth-order valence-corrected chi connectivity index (χ4v) is 2.27. The van der Waals surface area contributed by atoms with Crippen molar-refractivity contribution in [3.8, 4) is 11.2 Å². The van der Waals surface area contributed by atoms with Crippen molar-refractivity contribution in [1.29, 1.82) is 5.26 Å². The van der Waals surface area contributed by atoms with Crippen molar-refractivity contribution in [1.82, 2.24) is 0 Å². The number of benzene rings is 1. The van der Waals surface area contributed by atoms with E-state index in [-0.39, 0.29) is 0 Å². The highest BCUT2D eigenvalue weighted by Gasteiger charge is 2.11. The van der Waals surface area contributed by atoms with Crippen molar-refractivity contribution < 1.29 is 4.74 Å². The van der Waals surface area contributed by atoms with E-state index in [0.717, 1.165) is 28.5 Å². The SMILES string of the molecule is COc1ccc(Cl)cc1C(C)CCSC#N. The van der Waals surface area contributed by atoms with Crippen molar-refractivity contribution in [2.75, 3.05) is 12.9 Å². The van der Waals surface area contributed by atoms with Crippen LogP contribution < -0.4 is 4.74 Å². The first kappa shape index (κ1) is 13.2. The van der Waals surface area contributed by atoms with Gasteiger partial charge in [-0.25, -0.2) is 0 Å². The predicted octanol–water partition coefficient (Wildman–Crippen LogP) is 4.06. The lowest BCUT2D eigenvalue weighted by Gasteiger charge is -2.15. The van der Waals surface area contributed by atoms with Crippen LogP contribution in [0.3, 0.4) is 0 Å². The minimum atomic E-state index is 0.342. The summed E-state index contributed by atoms with van der Waals surface area (Å²) in [5.74, 6) is 2.03. The maximum atomic E-state index is 8.46. The summed E-state index contributed by atoms with van der Waals surface area (Å²) in [6.45, 7) is 2.12. The summed E-state index contributed by atoms with van der Waals surface area (Å²) >= 11 is 7.25. The molecule has 0 N–H and O–H groups in total. The van der Waals surface area contributed by atoms with Crippen LogP contribution in [0, 0.1) is 10.7 Å². The second kappa shape index (κ2) is 6.67. The highest BCUT2D eigenvalue weighted by molar-refractivity contribution is 8.03. The minimum Gasteiger partial charge on any atom is -0.496 e. The number of hydrogen-bond donors (Lipinski definition) is 0. The maximum Gasteiger partial charge on any atom is 0.133 e. The topological polar surface area (TPSA) is 33.0 Å². The van der Waals surface area contributed by atoms with Gasteiger partial charge in [-0.3, -0.25) is 0 Å². The second-order valence-electron chi connectivity index (χ2n) is 3.52. The Labute approximate surface area is 106 Å². The summed E-state index contributed by atoms with van der Waals surface area (Å²) < 4.78 is 5.30. The van der Waals surface area contributed by atoms with Gasteiger partial charge in [0.1, 0.15) is 11.2 Å². The normalized spacial score (nSPS) is 11.9. The van der Waals surface area contributed by atoms with Gasteiger partial charge in [0.15, 0.2) is 0 Å². The van der Waals surface area contributed by atoms with Crippen molar-refractivity contribution >= 4 is 23.4 Å². The Kier molecular flexibility index (Phi) is 5.51. The maximum absolute atomic E-state index is 8.46. The highest BCUT2D eigenvalue weighted by atomic mass is 35.5. The molecule has 1 aromatic carbocycles. The zero-order valence-corrected chi connectivity index (χ0v) is 10.9. The van der Waals surface area contributed by atoms with E-state index in [4.69, 9.17) is 21.6 Å². The van der Waals surface area contributed by atoms with Gasteiger partial charge in [0.25, 0.3) is 0 Å². The molecule has 1 aromatic rings. The van der Waals surface area contributed by atoms with E-state index < -0.39 is 0 Å². The molecule has 0 saturated carbocycles. The smallest absolute Gasteiger partial charge is 0.133 e. The third-order valence-electron chi connectivity index (χ3n) is 2.44. The fourth-order valence-electron chi connectivity index (χ4n) is 1.53. The van der Waals surface area contributed by atoms with Crippen molar-refractivity contribution in [2.24, 2.45) is 0 Å². The van der Waals surface area contributed by atoms with Gasteiger partial charge < -0.3 is 4.74 Å².